The van der Waals surface area contributed by atoms with Gasteiger partial charge in [0.25, 0.3) is 0 Å². The number of aryl methyl sites for hydroxylation is 2. The van der Waals surface area contributed by atoms with E-state index in [1.54, 1.807) is 6.92 Å². The fourth-order valence-corrected chi connectivity index (χ4v) is 3.64. The summed E-state index contributed by atoms with van der Waals surface area (Å²) in [5.41, 5.74) is 13.1. The van der Waals surface area contributed by atoms with Crippen LogP contribution in [0.25, 0.3) is 10.4 Å². The summed E-state index contributed by atoms with van der Waals surface area (Å²) in [6.45, 7) is 1.96. The Hall–Kier alpha value is -3.11. The summed E-state index contributed by atoms with van der Waals surface area (Å²) in [5.74, 6) is -2.56. The number of rotatable bonds is 3. The average molecular weight is 377 g/mol. The highest BCUT2D eigenvalue weighted by molar-refractivity contribution is 5.86. The van der Waals surface area contributed by atoms with Gasteiger partial charge in [-0.05, 0) is 65.5 Å². The fraction of sp³-hybridized carbons (Fsp3) is 0.364. The monoisotopic (exact) mass is 377 g/mol. The van der Waals surface area contributed by atoms with Gasteiger partial charge in [-0.3, -0.25) is 9.59 Å². The zero-order valence-electron chi connectivity index (χ0n) is 15.9. The molecule has 2 aromatic carbocycles. The molecular formula is C22H23N3O3. The maximum Gasteiger partial charge on any atom is 0.310 e. The number of benzene rings is 2. The van der Waals surface area contributed by atoms with E-state index in [1.165, 1.54) is 11.1 Å². The minimum absolute atomic E-state index is 0.228. The molecule has 0 spiro atoms. The van der Waals surface area contributed by atoms with Gasteiger partial charge in [-0.1, -0.05) is 48.5 Å². The van der Waals surface area contributed by atoms with Crippen LogP contribution >= 0.6 is 0 Å². The lowest BCUT2D eigenvalue weighted by atomic mass is 9.81. The highest BCUT2D eigenvalue weighted by Gasteiger charge is 2.34. The van der Waals surface area contributed by atoms with Gasteiger partial charge in [-0.25, -0.2) is 0 Å². The second-order valence-electron chi connectivity index (χ2n) is 7.03. The van der Waals surface area contributed by atoms with Crippen LogP contribution in [0.3, 0.4) is 0 Å². The second kappa shape index (κ2) is 9.20. The number of nitrogens with zero attached hydrogens (tertiary/aromatic N) is 3. The number of azide groups is 1. The van der Waals surface area contributed by atoms with Gasteiger partial charge in [0.05, 0.1) is 12.5 Å². The topological polar surface area (TPSA) is 92.1 Å². The number of amides is 1. The van der Waals surface area contributed by atoms with Crippen LogP contribution in [-0.4, -0.2) is 18.5 Å². The van der Waals surface area contributed by atoms with E-state index >= 15 is 0 Å². The predicted molar refractivity (Wildman–Crippen MR) is 105 cm³/mol. The van der Waals surface area contributed by atoms with Crippen molar-refractivity contribution in [3.63, 3.8) is 0 Å². The normalized spacial score (nSPS) is 18.8. The van der Waals surface area contributed by atoms with Crippen molar-refractivity contribution < 1.29 is 14.3 Å². The summed E-state index contributed by atoms with van der Waals surface area (Å²) in [5, 5.41) is 3.30. The van der Waals surface area contributed by atoms with E-state index in [-0.39, 0.29) is 6.61 Å². The number of carbonyl (C=O) groups excluding carboxylic acids is 2. The molecule has 6 nitrogen and oxygen atoms in total. The Morgan fingerprint density at radius 2 is 1.39 bits per heavy atom. The lowest BCUT2D eigenvalue weighted by Gasteiger charge is -2.24. The van der Waals surface area contributed by atoms with Crippen molar-refractivity contribution in [1.29, 1.82) is 0 Å². The first-order chi connectivity index (χ1) is 13.6. The van der Waals surface area contributed by atoms with Crippen LogP contribution < -0.4 is 0 Å². The molecule has 0 saturated carbocycles. The third-order valence-corrected chi connectivity index (χ3v) is 5.20. The van der Waals surface area contributed by atoms with E-state index in [9.17, 15) is 9.59 Å². The van der Waals surface area contributed by atoms with Crippen molar-refractivity contribution in [2.24, 2.45) is 17.0 Å². The summed E-state index contributed by atoms with van der Waals surface area (Å²) < 4.78 is 5.25. The van der Waals surface area contributed by atoms with Gasteiger partial charge in [0.2, 0.25) is 5.91 Å². The second-order valence-corrected chi connectivity index (χ2v) is 7.03. The quantitative estimate of drug-likeness (QED) is 0.347. The first-order valence-electron chi connectivity index (χ1n) is 9.52. The molecule has 4 aliphatic carbocycles. The molecule has 0 heterocycles. The maximum absolute atomic E-state index is 12.7. The number of carbonyl (C=O) groups is 2. The molecule has 2 atom stereocenters. The average Bonchev–Trinajstić information content (AvgIpc) is 2.71. The summed E-state index contributed by atoms with van der Waals surface area (Å²) in [6, 6.07) is 16.1. The lowest BCUT2D eigenvalue weighted by Crippen LogP contribution is -2.34. The van der Waals surface area contributed by atoms with Crippen molar-refractivity contribution in [2.45, 2.75) is 32.6 Å². The molecule has 0 radical (unpaired) electrons. The number of hydrogen-bond acceptors (Lipinski definition) is 3. The van der Waals surface area contributed by atoms with Gasteiger partial charge < -0.3 is 4.74 Å². The van der Waals surface area contributed by atoms with Crippen molar-refractivity contribution >= 4 is 11.9 Å². The molecule has 0 aromatic heterocycles. The van der Waals surface area contributed by atoms with Crippen molar-refractivity contribution in [3.8, 4) is 0 Å². The van der Waals surface area contributed by atoms with E-state index in [1.807, 2.05) is 36.4 Å². The van der Waals surface area contributed by atoms with Gasteiger partial charge in [-0.2, -0.15) is 0 Å². The third kappa shape index (κ3) is 4.78. The molecule has 1 amide bonds. The summed E-state index contributed by atoms with van der Waals surface area (Å²) >= 11 is 0. The third-order valence-electron chi connectivity index (χ3n) is 5.20. The zero-order valence-corrected chi connectivity index (χ0v) is 15.9. The predicted octanol–water partition coefficient (Wildman–Crippen LogP) is 4.20. The molecular weight excluding hydrogens is 354 g/mol. The molecule has 0 saturated heterocycles. The molecule has 6 rings (SSSR count). The smallest absolute Gasteiger partial charge is 0.310 e. The molecule has 4 aliphatic rings. The van der Waals surface area contributed by atoms with Gasteiger partial charge in [0.15, 0.2) is 0 Å². The summed E-state index contributed by atoms with van der Waals surface area (Å²) in [7, 11) is 0. The molecule has 0 aliphatic heterocycles. The van der Waals surface area contributed by atoms with Crippen molar-refractivity contribution in [2.75, 3.05) is 6.61 Å². The number of esters is 1. The van der Waals surface area contributed by atoms with E-state index in [4.69, 9.17) is 10.3 Å². The lowest BCUT2D eigenvalue weighted by molar-refractivity contribution is -0.152. The maximum atomic E-state index is 12.7. The van der Waals surface area contributed by atoms with E-state index in [2.05, 4.69) is 22.2 Å². The minimum Gasteiger partial charge on any atom is -0.466 e. The molecule has 144 valence electrons. The van der Waals surface area contributed by atoms with Gasteiger partial charge in [-0.15, -0.1) is 0 Å². The van der Waals surface area contributed by atoms with Crippen LogP contribution in [0.1, 0.15) is 29.2 Å². The molecule has 6 heteroatoms. The number of ether oxygens (including phenoxy) is 1. The fourth-order valence-electron chi connectivity index (χ4n) is 3.64. The first kappa shape index (κ1) is 19.6. The van der Waals surface area contributed by atoms with Crippen LogP contribution in [0.2, 0.25) is 0 Å². The largest absolute Gasteiger partial charge is 0.466 e. The Labute approximate surface area is 164 Å². The Morgan fingerprint density at radius 3 is 1.86 bits per heavy atom. The summed E-state index contributed by atoms with van der Waals surface area (Å²) in [6.07, 6.45) is 2.55. The Morgan fingerprint density at radius 1 is 0.929 bits per heavy atom. The summed E-state index contributed by atoms with van der Waals surface area (Å²) in [4.78, 5) is 28.0. The van der Waals surface area contributed by atoms with E-state index in [0.29, 0.717) is 12.8 Å². The SMILES string of the molecule is CCOC(=O)[C@@H]1Cc2ccc(cc2)CCc2ccc(cc2)C[C@@H]1C(=O)N=[N+]=[N-]. The molecule has 0 unspecified atom stereocenters. The molecule has 0 fully saturated rings. The standard InChI is InChI=1S/C22H23N3O3/c1-2-28-22(27)20-14-18-11-7-16(8-12-18)4-3-15-5-9-17(10-6-15)13-19(20)21(26)24-25-23/h5-12,19-20H,2-4,13-14H2,1H3/t19-,20+/m0/s1. The highest BCUT2D eigenvalue weighted by Crippen LogP contribution is 2.26. The van der Waals surface area contributed by atoms with Crippen LogP contribution in [0.15, 0.2) is 53.6 Å². The molecule has 0 N–H and O–H groups in total. The van der Waals surface area contributed by atoms with Crippen LogP contribution in [0.4, 0.5) is 0 Å². The van der Waals surface area contributed by atoms with Crippen LogP contribution in [0.5, 0.6) is 0 Å². The van der Waals surface area contributed by atoms with Crippen molar-refractivity contribution in [1.82, 2.24) is 0 Å². The molecule has 28 heavy (non-hydrogen) atoms. The highest BCUT2D eigenvalue weighted by atomic mass is 16.5. The van der Waals surface area contributed by atoms with E-state index < -0.39 is 23.7 Å². The van der Waals surface area contributed by atoms with Crippen LogP contribution in [0, 0.1) is 11.8 Å². The van der Waals surface area contributed by atoms with Gasteiger partial charge in [0, 0.05) is 10.8 Å². The van der Waals surface area contributed by atoms with Gasteiger partial charge >= 0.3 is 5.97 Å². The Kier molecular flexibility index (Phi) is 6.45. The molecule has 2 aromatic rings. The Bertz CT molecular complexity index is 884. The minimum atomic E-state index is -0.775. The first-order valence-corrected chi connectivity index (χ1v) is 9.52. The van der Waals surface area contributed by atoms with Crippen LogP contribution in [-0.2, 0) is 40.0 Å². The number of hydrogen-bond donors (Lipinski definition) is 0. The molecule has 4 bridgehead atoms. The Balaban J connectivity index is 2.06. The zero-order chi connectivity index (χ0) is 19.9. The van der Waals surface area contributed by atoms with E-state index in [0.717, 1.165) is 24.0 Å². The van der Waals surface area contributed by atoms with Gasteiger partial charge in [0.1, 0.15) is 0 Å². The van der Waals surface area contributed by atoms with Crippen molar-refractivity contribution in [3.05, 3.63) is 81.2 Å².